The molecule has 0 radical (unpaired) electrons. The molecule has 3 fully saturated rings. The Labute approximate surface area is 134 Å². The first-order valence-electron chi connectivity index (χ1n) is 8.97. The Bertz CT molecular complexity index is 472. The van der Waals surface area contributed by atoms with Crippen LogP contribution in [0.1, 0.15) is 65.2 Å². The highest BCUT2D eigenvalue weighted by Gasteiger charge is 2.58. The van der Waals surface area contributed by atoms with E-state index in [1.165, 1.54) is 38.5 Å². The summed E-state index contributed by atoms with van der Waals surface area (Å²) in [6.45, 7) is 4.88. The predicted octanol–water partition coefficient (Wildman–Crippen LogP) is 4.92. The smallest absolute Gasteiger partial charge is 0.0596 e. The number of aliphatic hydroxyl groups excluding tert-OH is 1. The van der Waals surface area contributed by atoms with Gasteiger partial charge in [-0.1, -0.05) is 25.5 Å². The standard InChI is InChI=1S/C19H29ClO/c1-18-9-7-13(20)11-12(18)3-4-14-15-5-6-17(21)19(15,2)10-8-16(14)18/h3,13-17,21H,4-11H2,1-2H3. The van der Waals surface area contributed by atoms with Crippen LogP contribution in [0.4, 0.5) is 0 Å². The van der Waals surface area contributed by atoms with Crippen LogP contribution in [0.5, 0.6) is 0 Å². The maximum atomic E-state index is 10.5. The Kier molecular flexibility index (Phi) is 3.29. The van der Waals surface area contributed by atoms with E-state index in [0.717, 1.165) is 30.6 Å². The fourth-order valence-corrected chi connectivity index (χ4v) is 6.86. The van der Waals surface area contributed by atoms with Crippen molar-refractivity contribution in [3.63, 3.8) is 0 Å². The van der Waals surface area contributed by atoms with Crippen LogP contribution in [-0.4, -0.2) is 16.6 Å². The maximum absolute atomic E-state index is 10.5. The molecule has 2 heteroatoms. The lowest BCUT2D eigenvalue weighted by molar-refractivity contribution is -0.0659. The van der Waals surface area contributed by atoms with Gasteiger partial charge in [-0.15, -0.1) is 11.6 Å². The summed E-state index contributed by atoms with van der Waals surface area (Å²) in [5.74, 6) is 2.39. The number of alkyl halides is 1. The summed E-state index contributed by atoms with van der Waals surface area (Å²) in [4.78, 5) is 0. The molecule has 0 aromatic carbocycles. The van der Waals surface area contributed by atoms with Crippen LogP contribution >= 0.6 is 11.6 Å². The van der Waals surface area contributed by atoms with Gasteiger partial charge in [0.25, 0.3) is 0 Å². The second kappa shape index (κ2) is 4.74. The van der Waals surface area contributed by atoms with Gasteiger partial charge in [0.05, 0.1) is 6.10 Å². The largest absolute Gasteiger partial charge is 0.393 e. The van der Waals surface area contributed by atoms with E-state index in [2.05, 4.69) is 19.9 Å². The van der Waals surface area contributed by atoms with E-state index in [1.54, 1.807) is 5.57 Å². The van der Waals surface area contributed by atoms with E-state index in [-0.39, 0.29) is 11.5 Å². The van der Waals surface area contributed by atoms with Crippen molar-refractivity contribution in [3.05, 3.63) is 11.6 Å². The molecule has 0 amide bonds. The zero-order valence-electron chi connectivity index (χ0n) is 13.4. The van der Waals surface area contributed by atoms with Gasteiger partial charge in [-0.2, -0.15) is 0 Å². The Morgan fingerprint density at radius 1 is 1.10 bits per heavy atom. The van der Waals surface area contributed by atoms with Crippen LogP contribution in [-0.2, 0) is 0 Å². The molecule has 21 heavy (non-hydrogen) atoms. The molecule has 0 aromatic rings. The summed E-state index contributed by atoms with van der Waals surface area (Å²) >= 11 is 6.43. The lowest BCUT2D eigenvalue weighted by Gasteiger charge is -2.57. The minimum absolute atomic E-state index is 0.0554. The number of halogens is 1. The number of fused-ring (bicyclic) bond motifs is 5. The number of rotatable bonds is 0. The number of allylic oxidation sites excluding steroid dienone is 2. The third-order valence-corrected chi connectivity index (χ3v) is 8.37. The van der Waals surface area contributed by atoms with Crippen molar-refractivity contribution in [2.75, 3.05) is 0 Å². The first-order valence-corrected chi connectivity index (χ1v) is 9.40. The van der Waals surface area contributed by atoms with Gasteiger partial charge in [-0.05, 0) is 80.0 Å². The Morgan fingerprint density at radius 2 is 1.90 bits per heavy atom. The topological polar surface area (TPSA) is 20.2 Å². The van der Waals surface area contributed by atoms with E-state index in [1.807, 2.05) is 0 Å². The third kappa shape index (κ3) is 1.92. The zero-order chi connectivity index (χ0) is 14.8. The molecule has 0 bridgehead atoms. The van der Waals surface area contributed by atoms with Crippen LogP contribution in [0.3, 0.4) is 0 Å². The normalized spacial score (nSPS) is 56.2. The lowest BCUT2D eigenvalue weighted by atomic mass is 9.48. The average molecular weight is 309 g/mol. The van der Waals surface area contributed by atoms with Crippen LogP contribution < -0.4 is 0 Å². The molecule has 0 aliphatic heterocycles. The second-order valence-electron chi connectivity index (χ2n) is 8.74. The van der Waals surface area contributed by atoms with Gasteiger partial charge in [0.15, 0.2) is 0 Å². The quantitative estimate of drug-likeness (QED) is 0.497. The monoisotopic (exact) mass is 308 g/mol. The zero-order valence-corrected chi connectivity index (χ0v) is 14.2. The Morgan fingerprint density at radius 3 is 2.71 bits per heavy atom. The van der Waals surface area contributed by atoms with Crippen molar-refractivity contribution in [1.29, 1.82) is 0 Å². The van der Waals surface area contributed by atoms with Gasteiger partial charge >= 0.3 is 0 Å². The van der Waals surface area contributed by atoms with Gasteiger partial charge < -0.3 is 5.11 Å². The van der Waals surface area contributed by atoms with E-state index in [4.69, 9.17) is 11.6 Å². The SMILES string of the molecule is CC12CCC(Cl)CC1=CCC1C2CCC2(C)C(O)CCC12. The predicted molar refractivity (Wildman–Crippen MR) is 87.4 cm³/mol. The highest BCUT2D eigenvalue weighted by Crippen LogP contribution is 2.64. The van der Waals surface area contributed by atoms with Crippen LogP contribution in [0.25, 0.3) is 0 Å². The van der Waals surface area contributed by atoms with E-state index >= 15 is 0 Å². The number of hydrogen-bond acceptors (Lipinski definition) is 1. The van der Waals surface area contributed by atoms with Crippen molar-refractivity contribution in [2.24, 2.45) is 28.6 Å². The molecule has 4 aliphatic carbocycles. The summed E-state index contributed by atoms with van der Waals surface area (Å²) in [5, 5.41) is 10.8. The molecular weight excluding hydrogens is 280 g/mol. The Balaban J connectivity index is 1.68. The number of aliphatic hydroxyl groups is 1. The third-order valence-electron chi connectivity index (χ3n) is 7.99. The molecular formula is C19H29ClO. The fraction of sp³-hybridized carbons (Fsp3) is 0.895. The van der Waals surface area contributed by atoms with Crippen LogP contribution in [0, 0.1) is 28.6 Å². The van der Waals surface area contributed by atoms with E-state index < -0.39 is 0 Å². The van der Waals surface area contributed by atoms with Gasteiger partial charge in [0.2, 0.25) is 0 Å². The minimum Gasteiger partial charge on any atom is -0.393 e. The second-order valence-corrected chi connectivity index (χ2v) is 9.35. The van der Waals surface area contributed by atoms with Gasteiger partial charge in [-0.3, -0.25) is 0 Å². The lowest BCUT2D eigenvalue weighted by Crippen LogP contribution is -2.50. The highest BCUT2D eigenvalue weighted by atomic mass is 35.5. The molecule has 0 saturated heterocycles. The van der Waals surface area contributed by atoms with Gasteiger partial charge in [-0.25, -0.2) is 0 Å². The minimum atomic E-state index is -0.0554. The van der Waals surface area contributed by atoms with Gasteiger partial charge in [0, 0.05) is 5.38 Å². The summed E-state index contributed by atoms with van der Waals surface area (Å²) in [6.07, 6.45) is 12.1. The summed E-state index contributed by atoms with van der Waals surface area (Å²) in [6, 6.07) is 0. The highest BCUT2D eigenvalue weighted by molar-refractivity contribution is 6.20. The summed E-state index contributed by atoms with van der Waals surface area (Å²) in [7, 11) is 0. The van der Waals surface area contributed by atoms with Crippen molar-refractivity contribution >= 4 is 11.6 Å². The molecule has 7 atom stereocenters. The molecule has 0 spiro atoms. The van der Waals surface area contributed by atoms with E-state index in [0.29, 0.717) is 10.8 Å². The first-order chi connectivity index (χ1) is 9.95. The van der Waals surface area contributed by atoms with Gasteiger partial charge in [0.1, 0.15) is 0 Å². The van der Waals surface area contributed by atoms with E-state index in [9.17, 15) is 5.11 Å². The maximum Gasteiger partial charge on any atom is 0.0596 e. The Hall–Kier alpha value is -0.0100. The summed E-state index contributed by atoms with van der Waals surface area (Å²) < 4.78 is 0. The van der Waals surface area contributed by atoms with Crippen molar-refractivity contribution < 1.29 is 5.11 Å². The van der Waals surface area contributed by atoms with Crippen molar-refractivity contribution in [3.8, 4) is 0 Å². The molecule has 1 nitrogen and oxygen atoms in total. The molecule has 7 unspecified atom stereocenters. The molecule has 118 valence electrons. The van der Waals surface area contributed by atoms with Crippen LogP contribution in [0.15, 0.2) is 11.6 Å². The molecule has 3 saturated carbocycles. The van der Waals surface area contributed by atoms with Crippen molar-refractivity contribution in [1.82, 2.24) is 0 Å². The first kappa shape index (κ1) is 14.6. The molecule has 1 N–H and O–H groups in total. The molecule has 0 aromatic heterocycles. The molecule has 0 heterocycles. The molecule has 4 aliphatic rings. The molecule has 4 rings (SSSR count). The van der Waals surface area contributed by atoms with Crippen LogP contribution in [0.2, 0.25) is 0 Å². The average Bonchev–Trinajstić information content (AvgIpc) is 2.76. The number of hydrogen-bond donors (Lipinski definition) is 1. The van der Waals surface area contributed by atoms with Crippen molar-refractivity contribution in [2.45, 2.75) is 76.7 Å². The fourth-order valence-electron chi connectivity index (χ4n) is 6.59. The summed E-state index contributed by atoms with van der Waals surface area (Å²) in [5.41, 5.74) is 2.27.